The topological polar surface area (TPSA) is 29.5 Å². The molecule has 1 aromatic heterocycles. The molecule has 2 rings (SSSR count). The van der Waals surface area contributed by atoms with E-state index in [2.05, 4.69) is 0 Å². The molecular formula is C16H18FNO2S. The number of benzene rings is 1. The van der Waals surface area contributed by atoms with Gasteiger partial charge in [0.15, 0.2) is 11.6 Å². The van der Waals surface area contributed by atoms with Crippen molar-refractivity contribution in [2.45, 2.75) is 20.4 Å². The summed E-state index contributed by atoms with van der Waals surface area (Å²) < 4.78 is 18.6. The molecule has 21 heavy (non-hydrogen) atoms. The lowest BCUT2D eigenvalue weighted by Gasteiger charge is -2.17. The monoisotopic (exact) mass is 307 g/mol. The maximum absolute atomic E-state index is 13.7. The maximum Gasteiger partial charge on any atom is 0.255 e. The van der Waals surface area contributed by atoms with Crippen LogP contribution in [0, 0.1) is 19.7 Å². The Bertz CT molecular complexity index is 666. The molecule has 1 aromatic carbocycles. The molecule has 0 saturated heterocycles. The third-order valence-electron chi connectivity index (χ3n) is 3.25. The number of carbonyl (C=O) groups excluding carboxylic acids is 1. The molecule has 0 unspecified atom stereocenters. The first kappa shape index (κ1) is 15.5. The Morgan fingerprint density at radius 2 is 2.05 bits per heavy atom. The fourth-order valence-electron chi connectivity index (χ4n) is 2.20. The van der Waals surface area contributed by atoms with Crippen molar-refractivity contribution in [1.29, 1.82) is 0 Å². The van der Waals surface area contributed by atoms with Gasteiger partial charge in [0.1, 0.15) is 0 Å². The van der Waals surface area contributed by atoms with Crippen LogP contribution in [0.1, 0.15) is 25.7 Å². The van der Waals surface area contributed by atoms with Crippen LogP contribution in [0.2, 0.25) is 0 Å². The van der Waals surface area contributed by atoms with Gasteiger partial charge in [-0.3, -0.25) is 4.79 Å². The number of ether oxygens (including phenoxy) is 1. The number of hydrogen-bond donors (Lipinski definition) is 0. The average Bonchev–Trinajstić information content (AvgIpc) is 2.77. The number of hydrogen-bond acceptors (Lipinski definition) is 3. The quantitative estimate of drug-likeness (QED) is 0.860. The number of thiophene rings is 1. The fraction of sp³-hybridized carbons (Fsp3) is 0.312. The third kappa shape index (κ3) is 3.42. The molecule has 0 spiro atoms. The summed E-state index contributed by atoms with van der Waals surface area (Å²) >= 11 is 1.60. The van der Waals surface area contributed by atoms with Crippen LogP contribution in [-0.4, -0.2) is 25.0 Å². The molecule has 0 saturated carbocycles. The summed E-state index contributed by atoms with van der Waals surface area (Å²) in [5, 5.41) is 0. The van der Waals surface area contributed by atoms with E-state index in [0.717, 1.165) is 15.3 Å². The van der Waals surface area contributed by atoms with Crippen molar-refractivity contribution in [3.63, 3.8) is 0 Å². The van der Waals surface area contributed by atoms with Gasteiger partial charge in [0.05, 0.1) is 12.7 Å². The summed E-state index contributed by atoms with van der Waals surface area (Å²) in [4.78, 5) is 16.1. The van der Waals surface area contributed by atoms with Crippen LogP contribution in [0.25, 0.3) is 0 Å². The summed E-state index contributed by atoms with van der Waals surface area (Å²) in [7, 11) is 3.15. The molecule has 0 aliphatic heterocycles. The molecule has 0 radical (unpaired) electrons. The minimum Gasteiger partial charge on any atom is -0.494 e. The predicted octanol–water partition coefficient (Wildman–Crippen LogP) is 3.78. The van der Waals surface area contributed by atoms with E-state index in [4.69, 9.17) is 4.74 Å². The summed E-state index contributed by atoms with van der Waals surface area (Å²) in [6.45, 7) is 4.27. The first-order valence-electron chi connectivity index (χ1n) is 6.57. The number of aryl methyl sites for hydroxylation is 2. The lowest BCUT2D eigenvalue weighted by Crippen LogP contribution is -2.26. The van der Waals surface area contributed by atoms with Gasteiger partial charge in [-0.2, -0.15) is 0 Å². The smallest absolute Gasteiger partial charge is 0.255 e. The second kappa shape index (κ2) is 6.26. The molecule has 2 aromatic rings. The molecule has 0 aliphatic carbocycles. The van der Waals surface area contributed by atoms with Crippen LogP contribution in [-0.2, 0) is 6.54 Å². The Balaban J connectivity index is 2.14. The van der Waals surface area contributed by atoms with E-state index in [0.29, 0.717) is 12.1 Å². The molecule has 5 heteroatoms. The molecular weight excluding hydrogens is 289 g/mol. The zero-order valence-corrected chi connectivity index (χ0v) is 13.4. The van der Waals surface area contributed by atoms with Gasteiger partial charge in [-0.05, 0) is 37.6 Å². The first-order chi connectivity index (χ1) is 9.92. The van der Waals surface area contributed by atoms with Crippen LogP contribution >= 0.6 is 11.3 Å². The maximum atomic E-state index is 13.7. The predicted molar refractivity (Wildman–Crippen MR) is 82.5 cm³/mol. The number of amides is 1. The van der Waals surface area contributed by atoms with E-state index in [-0.39, 0.29) is 11.7 Å². The summed E-state index contributed by atoms with van der Waals surface area (Å²) in [6.07, 6.45) is 0. The highest BCUT2D eigenvalue weighted by Gasteiger charge is 2.17. The van der Waals surface area contributed by atoms with Gasteiger partial charge in [0.25, 0.3) is 5.91 Å². The number of rotatable bonds is 4. The summed E-state index contributed by atoms with van der Waals surface area (Å²) in [6, 6.07) is 6.63. The van der Waals surface area contributed by atoms with Crippen LogP contribution < -0.4 is 4.74 Å². The zero-order valence-electron chi connectivity index (χ0n) is 12.6. The molecule has 0 aliphatic rings. The highest BCUT2D eigenvalue weighted by molar-refractivity contribution is 7.12. The molecule has 1 amide bonds. The van der Waals surface area contributed by atoms with Crippen molar-refractivity contribution >= 4 is 17.2 Å². The number of nitrogens with zero attached hydrogens (tertiary/aromatic N) is 1. The summed E-state index contributed by atoms with van der Waals surface area (Å²) in [5.41, 5.74) is 1.45. The third-order valence-corrected chi connectivity index (χ3v) is 4.22. The number of halogens is 1. The SMILES string of the molecule is COc1ccc(CN(C)C(=O)c2cc(C)sc2C)cc1F. The number of carbonyl (C=O) groups is 1. The van der Waals surface area contributed by atoms with E-state index < -0.39 is 5.82 Å². The lowest BCUT2D eigenvalue weighted by atomic mass is 10.1. The Hall–Kier alpha value is -1.88. The van der Waals surface area contributed by atoms with E-state index >= 15 is 0 Å². The number of methoxy groups -OCH3 is 1. The molecule has 0 fully saturated rings. The van der Waals surface area contributed by atoms with Crippen LogP contribution in [0.4, 0.5) is 4.39 Å². The van der Waals surface area contributed by atoms with E-state index in [1.807, 2.05) is 19.9 Å². The van der Waals surface area contributed by atoms with Crippen LogP contribution in [0.15, 0.2) is 24.3 Å². The van der Waals surface area contributed by atoms with Gasteiger partial charge in [-0.25, -0.2) is 4.39 Å². The molecule has 0 bridgehead atoms. The first-order valence-corrected chi connectivity index (χ1v) is 7.39. The van der Waals surface area contributed by atoms with Crippen molar-refractivity contribution in [2.75, 3.05) is 14.2 Å². The Morgan fingerprint density at radius 3 is 2.57 bits per heavy atom. The lowest BCUT2D eigenvalue weighted by molar-refractivity contribution is 0.0785. The Labute approximate surface area is 128 Å². The minimum atomic E-state index is -0.418. The largest absolute Gasteiger partial charge is 0.494 e. The molecule has 3 nitrogen and oxygen atoms in total. The molecule has 1 heterocycles. The van der Waals surface area contributed by atoms with Crippen LogP contribution in [0.3, 0.4) is 0 Å². The van der Waals surface area contributed by atoms with Crippen molar-refractivity contribution in [2.24, 2.45) is 0 Å². The van der Waals surface area contributed by atoms with Crippen molar-refractivity contribution in [3.8, 4) is 5.75 Å². The van der Waals surface area contributed by atoms with Gasteiger partial charge in [0, 0.05) is 23.3 Å². The van der Waals surface area contributed by atoms with Gasteiger partial charge in [-0.15, -0.1) is 11.3 Å². The normalized spacial score (nSPS) is 10.5. The van der Waals surface area contributed by atoms with Gasteiger partial charge in [0.2, 0.25) is 0 Å². The average molecular weight is 307 g/mol. The van der Waals surface area contributed by atoms with Crippen molar-refractivity contribution in [1.82, 2.24) is 4.90 Å². The Kier molecular flexibility index (Phi) is 4.63. The van der Waals surface area contributed by atoms with Crippen molar-refractivity contribution < 1.29 is 13.9 Å². The van der Waals surface area contributed by atoms with E-state index in [1.165, 1.54) is 13.2 Å². The second-order valence-electron chi connectivity index (χ2n) is 4.96. The van der Waals surface area contributed by atoms with Crippen molar-refractivity contribution in [3.05, 3.63) is 51.0 Å². The van der Waals surface area contributed by atoms with Gasteiger partial charge >= 0.3 is 0 Å². The minimum absolute atomic E-state index is 0.0481. The zero-order chi connectivity index (χ0) is 15.6. The Morgan fingerprint density at radius 1 is 1.33 bits per heavy atom. The van der Waals surface area contributed by atoms with Gasteiger partial charge < -0.3 is 9.64 Å². The van der Waals surface area contributed by atoms with Gasteiger partial charge in [-0.1, -0.05) is 6.07 Å². The highest BCUT2D eigenvalue weighted by Crippen LogP contribution is 2.23. The molecule has 112 valence electrons. The van der Waals surface area contributed by atoms with Crippen LogP contribution in [0.5, 0.6) is 5.75 Å². The summed E-state index contributed by atoms with van der Waals surface area (Å²) in [5.74, 6) is -0.261. The standard InChI is InChI=1S/C16H18FNO2S/c1-10-7-13(11(2)21-10)16(19)18(3)9-12-5-6-15(20-4)14(17)8-12/h5-8H,9H2,1-4H3. The second-order valence-corrected chi connectivity index (χ2v) is 6.42. The fourth-order valence-corrected chi connectivity index (χ4v) is 3.12. The molecule has 0 N–H and O–H groups in total. The molecule has 0 atom stereocenters. The highest BCUT2D eigenvalue weighted by atomic mass is 32.1. The van der Waals surface area contributed by atoms with E-state index in [1.54, 1.807) is 35.4 Å². The van der Waals surface area contributed by atoms with E-state index in [9.17, 15) is 9.18 Å².